The van der Waals surface area contributed by atoms with E-state index >= 15 is 0 Å². The number of sulfone groups is 1. The molecule has 0 aliphatic carbocycles. The minimum atomic E-state index is -3.96. The number of benzene rings is 1. The predicted octanol–water partition coefficient (Wildman–Crippen LogP) is -0.443. The number of nitrogens with one attached hydrogen (secondary N) is 1. The van der Waals surface area contributed by atoms with Gasteiger partial charge < -0.3 is 15.2 Å². The maximum Gasteiger partial charge on any atom is 0.221 e. The predicted molar refractivity (Wildman–Crippen MR) is 62.4 cm³/mol. The Morgan fingerprint density at radius 3 is 2.11 bits per heavy atom. The molecule has 0 aliphatic heterocycles. The van der Waals surface area contributed by atoms with Crippen LogP contribution in [0.25, 0.3) is 0 Å². The Bertz CT molecular complexity index is 562. The summed E-state index contributed by atoms with van der Waals surface area (Å²) >= 11 is 0. The van der Waals surface area contributed by atoms with Crippen molar-refractivity contribution in [3.05, 3.63) is 24.3 Å². The number of hydrogen-bond acceptors (Lipinski definition) is 5. The topological polar surface area (TPSA) is 103 Å². The lowest BCUT2D eigenvalue weighted by atomic mass is 10.3. The van der Waals surface area contributed by atoms with Gasteiger partial charge in [0.1, 0.15) is 5.25 Å². The van der Waals surface area contributed by atoms with E-state index in [-0.39, 0.29) is 10.8 Å². The molecule has 0 spiro atoms. The van der Waals surface area contributed by atoms with Gasteiger partial charge in [0.05, 0.1) is 10.9 Å². The third-order valence-electron chi connectivity index (χ3n) is 2.30. The molecule has 0 saturated carbocycles. The molecule has 1 N–H and O–H groups in total. The molecule has 0 aliphatic rings. The Morgan fingerprint density at radius 2 is 1.72 bits per heavy atom. The molecule has 0 radical (unpaired) electrons. The molecule has 0 heterocycles. The van der Waals surface area contributed by atoms with Crippen LogP contribution in [0.4, 0.5) is 5.69 Å². The van der Waals surface area contributed by atoms with Crippen LogP contribution in [-0.2, 0) is 19.4 Å². The van der Waals surface area contributed by atoms with Crippen molar-refractivity contribution in [1.29, 1.82) is 0 Å². The van der Waals surface area contributed by atoms with Gasteiger partial charge in [-0.3, -0.25) is 4.79 Å². The van der Waals surface area contributed by atoms with Crippen molar-refractivity contribution in [1.82, 2.24) is 0 Å². The third-order valence-corrected chi connectivity index (χ3v) is 4.35. The fourth-order valence-corrected chi connectivity index (χ4v) is 2.44. The van der Waals surface area contributed by atoms with Crippen LogP contribution in [0.5, 0.6) is 0 Å². The second kappa shape index (κ2) is 5.18. The van der Waals surface area contributed by atoms with E-state index < -0.39 is 21.1 Å². The molecular weight excluding hydrogens is 258 g/mol. The maximum atomic E-state index is 11.8. The molecule has 1 aromatic carbocycles. The molecule has 1 aromatic rings. The largest absolute Gasteiger partial charge is 0.549 e. The number of amides is 1. The fraction of sp³-hybridized carbons (Fsp3) is 0.273. The minimum Gasteiger partial charge on any atom is -0.549 e. The highest BCUT2D eigenvalue weighted by Crippen LogP contribution is 2.18. The summed E-state index contributed by atoms with van der Waals surface area (Å²) in [5.41, 5.74) is 0.433. The van der Waals surface area contributed by atoms with Crippen LogP contribution in [0.1, 0.15) is 13.8 Å². The average molecular weight is 270 g/mol. The Hall–Kier alpha value is -1.89. The van der Waals surface area contributed by atoms with Gasteiger partial charge in [0, 0.05) is 12.6 Å². The summed E-state index contributed by atoms with van der Waals surface area (Å²) in [5.74, 6) is -1.94. The summed E-state index contributed by atoms with van der Waals surface area (Å²) in [6, 6.07) is 5.24. The average Bonchev–Trinajstić information content (AvgIpc) is 2.27. The molecule has 1 atom stereocenters. The zero-order chi connectivity index (χ0) is 13.9. The van der Waals surface area contributed by atoms with E-state index in [1.54, 1.807) is 0 Å². The number of carbonyl (C=O) groups excluding carboxylic acids is 2. The molecule has 0 fully saturated rings. The standard InChI is InChI=1S/C11H13NO5S/c1-7(11(14)15)18(16,17)10-5-3-9(4-6-10)12-8(2)13/h3-7H,1-2H3,(H,12,13)(H,14,15)/p-1. The lowest BCUT2D eigenvalue weighted by Gasteiger charge is -2.14. The first-order chi connectivity index (χ1) is 8.25. The van der Waals surface area contributed by atoms with Gasteiger partial charge in [0.2, 0.25) is 5.91 Å². The van der Waals surface area contributed by atoms with E-state index in [1.165, 1.54) is 31.2 Å². The molecule has 0 aromatic heterocycles. The highest BCUT2D eigenvalue weighted by atomic mass is 32.2. The van der Waals surface area contributed by atoms with Gasteiger partial charge in [-0.2, -0.15) is 0 Å². The molecule has 98 valence electrons. The van der Waals surface area contributed by atoms with Crippen molar-refractivity contribution in [2.75, 3.05) is 5.32 Å². The van der Waals surface area contributed by atoms with Gasteiger partial charge in [-0.15, -0.1) is 0 Å². The van der Waals surface area contributed by atoms with Gasteiger partial charge in [-0.05, 0) is 31.2 Å². The minimum absolute atomic E-state index is 0.131. The molecule has 1 unspecified atom stereocenters. The van der Waals surface area contributed by atoms with Crippen LogP contribution in [0.15, 0.2) is 29.2 Å². The van der Waals surface area contributed by atoms with Gasteiger partial charge in [0.25, 0.3) is 0 Å². The van der Waals surface area contributed by atoms with Gasteiger partial charge in [0.15, 0.2) is 9.84 Å². The van der Waals surface area contributed by atoms with Gasteiger partial charge >= 0.3 is 0 Å². The van der Waals surface area contributed by atoms with Crippen LogP contribution in [0, 0.1) is 0 Å². The van der Waals surface area contributed by atoms with Crippen LogP contribution < -0.4 is 10.4 Å². The van der Waals surface area contributed by atoms with Crippen molar-refractivity contribution in [2.45, 2.75) is 24.0 Å². The van der Waals surface area contributed by atoms with E-state index in [1.807, 2.05) is 0 Å². The van der Waals surface area contributed by atoms with E-state index in [0.717, 1.165) is 6.92 Å². The highest BCUT2D eigenvalue weighted by molar-refractivity contribution is 7.92. The van der Waals surface area contributed by atoms with E-state index in [2.05, 4.69) is 5.32 Å². The highest BCUT2D eigenvalue weighted by Gasteiger charge is 2.24. The quantitative estimate of drug-likeness (QED) is 0.798. The van der Waals surface area contributed by atoms with Gasteiger partial charge in [-0.25, -0.2) is 8.42 Å². The van der Waals surface area contributed by atoms with Crippen LogP contribution in [-0.4, -0.2) is 25.5 Å². The smallest absolute Gasteiger partial charge is 0.221 e. The second-order valence-corrected chi connectivity index (χ2v) is 5.98. The number of carbonyl (C=O) groups is 2. The normalized spacial score (nSPS) is 12.8. The molecule has 6 nitrogen and oxygen atoms in total. The van der Waals surface area contributed by atoms with Crippen LogP contribution in [0.2, 0.25) is 0 Å². The van der Waals surface area contributed by atoms with E-state index in [9.17, 15) is 23.1 Å². The summed E-state index contributed by atoms with van der Waals surface area (Å²) in [6.07, 6.45) is 0. The SMILES string of the molecule is CC(=O)Nc1ccc(S(=O)(=O)C(C)C(=O)[O-])cc1. The Kier molecular flexibility index (Phi) is 4.07. The number of anilines is 1. The van der Waals surface area contributed by atoms with Crippen LogP contribution in [0.3, 0.4) is 0 Å². The zero-order valence-corrected chi connectivity index (χ0v) is 10.7. The van der Waals surface area contributed by atoms with Crippen molar-refractivity contribution in [3.63, 3.8) is 0 Å². The number of carboxylic acids is 1. The number of aliphatic carboxylic acids is 1. The summed E-state index contributed by atoms with van der Waals surface area (Å²) in [7, 11) is -3.96. The Labute approximate surface area is 105 Å². The van der Waals surface area contributed by atoms with Crippen molar-refractivity contribution in [3.8, 4) is 0 Å². The van der Waals surface area contributed by atoms with E-state index in [4.69, 9.17) is 0 Å². The Morgan fingerprint density at radius 1 is 1.22 bits per heavy atom. The maximum absolute atomic E-state index is 11.8. The third kappa shape index (κ3) is 3.07. The second-order valence-electron chi connectivity index (χ2n) is 3.71. The number of carboxylic acid groups (broad SMARTS) is 1. The fourth-order valence-electron chi connectivity index (χ4n) is 1.26. The zero-order valence-electron chi connectivity index (χ0n) is 9.84. The summed E-state index contributed by atoms with van der Waals surface area (Å²) in [6.45, 7) is 2.37. The van der Waals surface area contributed by atoms with Crippen molar-refractivity contribution in [2.24, 2.45) is 0 Å². The first kappa shape index (κ1) is 14.2. The van der Waals surface area contributed by atoms with E-state index in [0.29, 0.717) is 5.69 Å². The summed E-state index contributed by atoms with van der Waals surface area (Å²) in [4.78, 5) is 21.2. The Balaban J connectivity index is 3.05. The number of hydrogen-bond donors (Lipinski definition) is 1. The molecule has 18 heavy (non-hydrogen) atoms. The van der Waals surface area contributed by atoms with Crippen molar-refractivity contribution < 1.29 is 23.1 Å². The lowest BCUT2D eigenvalue weighted by Crippen LogP contribution is -2.38. The van der Waals surface area contributed by atoms with Crippen LogP contribution >= 0.6 is 0 Å². The first-order valence-corrected chi connectivity index (χ1v) is 6.62. The number of rotatable bonds is 4. The summed E-state index contributed by atoms with van der Waals surface area (Å²) < 4.78 is 23.6. The van der Waals surface area contributed by atoms with Crippen molar-refractivity contribution >= 4 is 27.4 Å². The molecule has 7 heteroatoms. The monoisotopic (exact) mass is 270 g/mol. The molecule has 0 bridgehead atoms. The first-order valence-electron chi connectivity index (χ1n) is 5.07. The molecule has 1 rings (SSSR count). The molecule has 0 saturated heterocycles. The molecule has 1 amide bonds. The lowest BCUT2D eigenvalue weighted by molar-refractivity contribution is -0.304. The summed E-state index contributed by atoms with van der Waals surface area (Å²) in [5, 5.41) is 11.4. The van der Waals surface area contributed by atoms with Gasteiger partial charge in [-0.1, -0.05) is 0 Å². The molecular formula is C11H12NO5S-.